The number of nitro groups is 1. The molecular weight excluding hydrogens is 360 g/mol. The standard InChI is InChI=1S/C14H8N8O5/c15-20-17-8-5-6-11(18-21-16)10(7-8)13(23)19-27-14(24)9-3-1-2-4-12(9)22(25)26/h1-7H,(H,19,23). The zero-order chi connectivity index (χ0) is 19.8. The lowest BCUT2D eigenvalue weighted by molar-refractivity contribution is -0.385. The maximum Gasteiger partial charge on any atom is 0.369 e. The quantitative estimate of drug-likeness (QED) is 0.273. The zero-order valence-corrected chi connectivity index (χ0v) is 13.2. The summed E-state index contributed by atoms with van der Waals surface area (Å²) in [4.78, 5) is 44.1. The zero-order valence-electron chi connectivity index (χ0n) is 13.2. The fourth-order valence-electron chi connectivity index (χ4n) is 1.96. The van der Waals surface area contributed by atoms with Gasteiger partial charge in [-0.2, -0.15) is 5.48 Å². The molecule has 13 nitrogen and oxygen atoms in total. The number of nitro benzene ring substituents is 1. The van der Waals surface area contributed by atoms with E-state index in [0.717, 1.165) is 18.2 Å². The van der Waals surface area contributed by atoms with Crippen molar-refractivity contribution in [3.05, 3.63) is 84.6 Å². The van der Waals surface area contributed by atoms with Gasteiger partial charge < -0.3 is 4.84 Å². The maximum absolute atomic E-state index is 12.2. The molecule has 134 valence electrons. The summed E-state index contributed by atoms with van der Waals surface area (Å²) in [6.07, 6.45) is 0. The van der Waals surface area contributed by atoms with Crippen LogP contribution in [0.15, 0.2) is 52.7 Å². The summed E-state index contributed by atoms with van der Waals surface area (Å²) in [5.74, 6) is -2.17. The van der Waals surface area contributed by atoms with Gasteiger partial charge in [0.25, 0.3) is 11.6 Å². The Morgan fingerprint density at radius 3 is 2.44 bits per heavy atom. The number of nitrogens with one attached hydrogen (secondary N) is 1. The number of nitrogens with zero attached hydrogens (tertiary/aromatic N) is 7. The van der Waals surface area contributed by atoms with Crippen LogP contribution < -0.4 is 5.48 Å². The van der Waals surface area contributed by atoms with E-state index in [2.05, 4.69) is 24.9 Å². The van der Waals surface area contributed by atoms with Crippen molar-refractivity contribution >= 4 is 28.9 Å². The van der Waals surface area contributed by atoms with Gasteiger partial charge in [0.15, 0.2) is 0 Å². The molecule has 2 aromatic rings. The third-order valence-electron chi connectivity index (χ3n) is 3.09. The Labute approximate surface area is 149 Å². The molecule has 2 rings (SSSR count). The van der Waals surface area contributed by atoms with Crippen LogP contribution >= 0.6 is 0 Å². The molecule has 0 aliphatic heterocycles. The SMILES string of the molecule is [N-]=[N+]=Nc1ccc(N=[N+]=[N-])c(C(=O)NOC(=O)c2ccccc2[N+](=O)[O-])c1. The Kier molecular flexibility index (Phi) is 5.89. The van der Waals surface area contributed by atoms with E-state index in [4.69, 9.17) is 11.1 Å². The number of hydroxylamine groups is 1. The summed E-state index contributed by atoms with van der Waals surface area (Å²) >= 11 is 0. The fraction of sp³-hybridized carbons (Fsp3) is 0. The number of para-hydroxylation sites is 1. The minimum Gasteiger partial charge on any atom is -0.335 e. The largest absolute Gasteiger partial charge is 0.369 e. The first-order chi connectivity index (χ1) is 13.0. The van der Waals surface area contributed by atoms with Crippen LogP contribution in [0.4, 0.5) is 17.1 Å². The highest BCUT2D eigenvalue weighted by Crippen LogP contribution is 2.25. The molecule has 0 heterocycles. The number of carbonyl (C=O) groups is 2. The van der Waals surface area contributed by atoms with Gasteiger partial charge in [-0.05, 0) is 23.2 Å². The molecule has 27 heavy (non-hydrogen) atoms. The van der Waals surface area contributed by atoms with E-state index in [0.29, 0.717) is 0 Å². The number of hydrogen-bond acceptors (Lipinski definition) is 7. The molecule has 2 aromatic carbocycles. The molecule has 0 aliphatic carbocycles. The van der Waals surface area contributed by atoms with E-state index in [-0.39, 0.29) is 22.5 Å². The number of carbonyl (C=O) groups excluding carboxylic acids is 2. The van der Waals surface area contributed by atoms with E-state index >= 15 is 0 Å². The van der Waals surface area contributed by atoms with Gasteiger partial charge in [-0.15, -0.1) is 0 Å². The van der Waals surface area contributed by atoms with Gasteiger partial charge in [-0.3, -0.25) is 14.9 Å². The molecule has 0 fully saturated rings. The first-order valence-corrected chi connectivity index (χ1v) is 6.97. The Hall–Kier alpha value is -4.60. The van der Waals surface area contributed by atoms with Crippen LogP contribution in [0.5, 0.6) is 0 Å². The predicted molar refractivity (Wildman–Crippen MR) is 90.0 cm³/mol. The second-order valence-electron chi connectivity index (χ2n) is 4.68. The minimum absolute atomic E-state index is 0.0459. The second-order valence-corrected chi connectivity index (χ2v) is 4.68. The van der Waals surface area contributed by atoms with Gasteiger partial charge in [-0.25, -0.2) is 4.79 Å². The van der Waals surface area contributed by atoms with E-state index in [1.807, 2.05) is 0 Å². The average molecular weight is 368 g/mol. The fourth-order valence-corrected chi connectivity index (χ4v) is 1.96. The number of amides is 1. The Morgan fingerprint density at radius 1 is 1.07 bits per heavy atom. The maximum atomic E-state index is 12.2. The van der Waals surface area contributed by atoms with Crippen molar-refractivity contribution in [3.63, 3.8) is 0 Å². The third-order valence-corrected chi connectivity index (χ3v) is 3.09. The molecule has 0 aliphatic rings. The van der Waals surface area contributed by atoms with Crippen molar-refractivity contribution in [3.8, 4) is 0 Å². The Morgan fingerprint density at radius 2 is 1.78 bits per heavy atom. The first kappa shape index (κ1) is 18.7. The van der Waals surface area contributed by atoms with E-state index in [9.17, 15) is 19.7 Å². The van der Waals surface area contributed by atoms with Crippen molar-refractivity contribution in [1.29, 1.82) is 0 Å². The molecule has 0 saturated carbocycles. The molecular formula is C14H8N8O5. The van der Waals surface area contributed by atoms with Gasteiger partial charge in [0, 0.05) is 21.6 Å². The van der Waals surface area contributed by atoms with Crippen molar-refractivity contribution in [2.45, 2.75) is 0 Å². The highest BCUT2D eigenvalue weighted by molar-refractivity contribution is 6.01. The third kappa shape index (κ3) is 4.48. The molecule has 13 heteroatoms. The molecule has 0 bridgehead atoms. The van der Waals surface area contributed by atoms with Crippen LogP contribution in [0.3, 0.4) is 0 Å². The highest BCUT2D eigenvalue weighted by Gasteiger charge is 2.22. The molecule has 1 amide bonds. The van der Waals surface area contributed by atoms with Crippen molar-refractivity contribution in [2.24, 2.45) is 10.2 Å². The van der Waals surface area contributed by atoms with Gasteiger partial charge in [0.1, 0.15) is 5.56 Å². The summed E-state index contributed by atoms with van der Waals surface area (Å²) in [7, 11) is 0. The number of azide groups is 2. The molecule has 1 N–H and O–H groups in total. The normalized spacial score (nSPS) is 9.33. The molecule has 0 aromatic heterocycles. The Bertz CT molecular complexity index is 1020. The monoisotopic (exact) mass is 368 g/mol. The number of hydrogen-bond donors (Lipinski definition) is 1. The average Bonchev–Trinajstić information content (AvgIpc) is 2.67. The second kappa shape index (κ2) is 8.48. The van der Waals surface area contributed by atoms with E-state index in [1.165, 1.54) is 24.3 Å². The van der Waals surface area contributed by atoms with Crippen LogP contribution in [-0.4, -0.2) is 16.8 Å². The van der Waals surface area contributed by atoms with E-state index < -0.39 is 22.5 Å². The summed E-state index contributed by atoms with van der Waals surface area (Å²) in [5.41, 5.74) is 17.6. The van der Waals surface area contributed by atoms with Gasteiger partial charge in [0.05, 0.1) is 16.2 Å². The van der Waals surface area contributed by atoms with E-state index in [1.54, 1.807) is 5.48 Å². The molecule has 0 spiro atoms. The summed E-state index contributed by atoms with van der Waals surface area (Å²) in [5, 5.41) is 17.5. The van der Waals surface area contributed by atoms with Crippen LogP contribution in [0.1, 0.15) is 20.7 Å². The molecule has 0 radical (unpaired) electrons. The van der Waals surface area contributed by atoms with Crippen molar-refractivity contribution < 1.29 is 19.3 Å². The van der Waals surface area contributed by atoms with Crippen LogP contribution in [0.2, 0.25) is 0 Å². The summed E-state index contributed by atoms with van der Waals surface area (Å²) < 4.78 is 0. The molecule has 0 unspecified atom stereocenters. The predicted octanol–water partition coefficient (Wildman–Crippen LogP) is 3.98. The molecule has 0 saturated heterocycles. The smallest absolute Gasteiger partial charge is 0.335 e. The van der Waals surface area contributed by atoms with Gasteiger partial charge in [0.2, 0.25) is 0 Å². The minimum atomic E-state index is -1.17. The van der Waals surface area contributed by atoms with Crippen molar-refractivity contribution in [2.75, 3.05) is 0 Å². The molecule has 0 atom stereocenters. The summed E-state index contributed by atoms with van der Waals surface area (Å²) in [6.45, 7) is 0. The van der Waals surface area contributed by atoms with Crippen molar-refractivity contribution in [1.82, 2.24) is 5.48 Å². The Balaban J connectivity index is 2.24. The highest BCUT2D eigenvalue weighted by atomic mass is 16.7. The topological polar surface area (TPSA) is 196 Å². The first-order valence-electron chi connectivity index (χ1n) is 6.97. The lowest BCUT2D eigenvalue weighted by Crippen LogP contribution is -2.27. The number of rotatable bonds is 5. The van der Waals surface area contributed by atoms with Gasteiger partial charge in [-0.1, -0.05) is 34.5 Å². The lowest BCUT2D eigenvalue weighted by atomic mass is 10.1. The lowest BCUT2D eigenvalue weighted by Gasteiger charge is -2.08. The van der Waals surface area contributed by atoms with Crippen LogP contribution in [0.25, 0.3) is 20.9 Å². The van der Waals surface area contributed by atoms with Crippen LogP contribution in [0, 0.1) is 10.1 Å². The summed E-state index contributed by atoms with van der Waals surface area (Å²) in [6, 6.07) is 8.64. The van der Waals surface area contributed by atoms with Crippen LogP contribution in [-0.2, 0) is 4.84 Å². The van der Waals surface area contributed by atoms with Gasteiger partial charge >= 0.3 is 5.97 Å². The number of benzene rings is 2.